The van der Waals surface area contributed by atoms with Crippen LogP contribution in [0.25, 0.3) is 0 Å². The van der Waals surface area contributed by atoms with E-state index in [2.05, 4.69) is 24.3 Å². The first-order valence-corrected chi connectivity index (χ1v) is 8.64. The molecular formula is C18H25ClO. The Morgan fingerprint density at radius 2 is 1.60 bits per heavy atom. The summed E-state index contributed by atoms with van der Waals surface area (Å²) in [5.74, 6) is 0.775. The average Bonchev–Trinajstić information content (AvgIpc) is 2.56. The van der Waals surface area contributed by atoms with Crippen LogP contribution in [0.5, 0.6) is 0 Å². The molecule has 2 fully saturated rings. The van der Waals surface area contributed by atoms with Crippen molar-refractivity contribution in [3.63, 3.8) is 0 Å². The molecule has 1 saturated carbocycles. The van der Waals surface area contributed by atoms with Gasteiger partial charge >= 0.3 is 0 Å². The molecule has 0 spiro atoms. The summed E-state index contributed by atoms with van der Waals surface area (Å²) < 4.78 is 5.81. The maximum atomic E-state index is 6.60. The van der Waals surface area contributed by atoms with Gasteiger partial charge in [0, 0.05) is 6.61 Å². The van der Waals surface area contributed by atoms with E-state index in [4.69, 9.17) is 16.3 Å². The molecule has 1 nitrogen and oxygen atoms in total. The third-order valence-corrected chi connectivity index (χ3v) is 5.41. The number of ether oxygens (including phenoxy) is 1. The summed E-state index contributed by atoms with van der Waals surface area (Å²) in [5, 5.41) is 0.00991. The maximum Gasteiger partial charge on any atom is 0.0847 e. The van der Waals surface area contributed by atoms with Crippen molar-refractivity contribution < 1.29 is 4.74 Å². The molecule has 1 aromatic rings. The van der Waals surface area contributed by atoms with E-state index in [-0.39, 0.29) is 11.5 Å². The van der Waals surface area contributed by atoms with E-state index in [0.717, 1.165) is 18.9 Å². The second-order valence-electron chi connectivity index (χ2n) is 6.31. The molecule has 1 aromatic carbocycles. The zero-order chi connectivity index (χ0) is 13.8. The Hall–Kier alpha value is -0.530. The third-order valence-electron chi connectivity index (χ3n) is 4.87. The molecule has 1 saturated heterocycles. The molecule has 1 heterocycles. The fourth-order valence-electron chi connectivity index (χ4n) is 3.60. The molecule has 2 atom stereocenters. The number of hydrogen-bond acceptors (Lipinski definition) is 1. The summed E-state index contributed by atoms with van der Waals surface area (Å²) in [4.78, 5) is 0. The number of alkyl halides is 1. The first kappa shape index (κ1) is 14.4. The fourth-order valence-corrected chi connectivity index (χ4v) is 3.94. The molecule has 2 heteroatoms. The van der Waals surface area contributed by atoms with Crippen LogP contribution in [0, 0.1) is 0 Å². The highest BCUT2D eigenvalue weighted by Crippen LogP contribution is 2.35. The summed E-state index contributed by atoms with van der Waals surface area (Å²) in [6.45, 7) is 0.869. The predicted molar refractivity (Wildman–Crippen MR) is 84.5 cm³/mol. The molecule has 0 radical (unpaired) electrons. The van der Waals surface area contributed by atoms with E-state index >= 15 is 0 Å². The SMILES string of the molecule is ClC(c1ccc(C2CCCCC2)cc1)C1CCCCO1. The Balaban J connectivity index is 1.65. The largest absolute Gasteiger partial charge is 0.376 e. The first-order valence-electron chi connectivity index (χ1n) is 8.20. The smallest absolute Gasteiger partial charge is 0.0847 e. The molecule has 110 valence electrons. The molecule has 0 aromatic heterocycles. The lowest BCUT2D eigenvalue weighted by atomic mass is 9.83. The van der Waals surface area contributed by atoms with Crippen molar-refractivity contribution in [3.05, 3.63) is 35.4 Å². The second-order valence-corrected chi connectivity index (χ2v) is 6.78. The molecule has 3 rings (SSSR count). The van der Waals surface area contributed by atoms with Crippen LogP contribution in [0.2, 0.25) is 0 Å². The highest BCUT2D eigenvalue weighted by atomic mass is 35.5. The van der Waals surface area contributed by atoms with Gasteiger partial charge < -0.3 is 4.74 Å². The van der Waals surface area contributed by atoms with Crippen LogP contribution in [0.1, 0.15) is 73.8 Å². The summed E-state index contributed by atoms with van der Waals surface area (Å²) in [6, 6.07) is 9.03. The summed E-state index contributed by atoms with van der Waals surface area (Å²) >= 11 is 6.60. The minimum absolute atomic E-state index is 0.00991. The lowest BCUT2D eigenvalue weighted by molar-refractivity contribution is 0.0136. The monoisotopic (exact) mass is 292 g/mol. The Labute approximate surface area is 127 Å². The van der Waals surface area contributed by atoms with Crippen molar-refractivity contribution in [3.8, 4) is 0 Å². The maximum absolute atomic E-state index is 6.60. The van der Waals surface area contributed by atoms with Gasteiger partial charge in [-0.05, 0) is 49.1 Å². The van der Waals surface area contributed by atoms with E-state index < -0.39 is 0 Å². The van der Waals surface area contributed by atoms with E-state index in [9.17, 15) is 0 Å². The van der Waals surface area contributed by atoms with E-state index in [1.807, 2.05) is 0 Å². The van der Waals surface area contributed by atoms with Crippen LogP contribution < -0.4 is 0 Å². The molecule has 20 heavy (non-hydrogen) atoms. The van der Waals surface area contributed by atoms with Gasteiger partial charge in [-0.1, -0.05) is 43.5 Å². The van der Waals surface area contributed by atoms with Gasteiger partial charge in [0.15, 0.2) is 0 Å². The van der Waals surface area contributed by atoms with E-state index in [1.54, 1.807) is 0 Å². The highest BCUT2D eigenvalue weighted by Gasteiger charge is 2.24. The fraction of sp³-hybridized carbons (Fsp3) is 0.667. The van der Waals surface area contributed by atoms with Crippen LogP contribution in [-0.2, 0) is 4.74 Å². The molecule has 2 aliphatic rings. The number of rotatable bonds is 3. The van der Waals surface area contributed by atoms with Crippen molar-refractivity contribution in [1.82, 2.24) is 0 Å². The van der Waals surface area contributed by atoms with Crippen molar-refractivity contribution in [1.29, 1.82) is 0 Å². The summed E-state index contributed by atoms with van der Waals surface area (Å²) in [7, 11) is 0. The van der Waals surface area contributed by atoms with Gasteiger partial charge in [-0.25, -0.2) is 0 Å². The van der Waals surface area contributed by atoms with Crippen LogP contribution in [0.4, 0.5) is 0 Å². The molecule has 1 aliphatic heterocycles. The van der Waals surface area contributed by atoms with Crippen molar-refractivity contribution >= 4 is 11.6 Å². The first-order chi connectivity index (χ1) is 9.84. The normalized spacial score (nSPS) is 26.4. The lowest BCUT2D eigenvalue weighted by Crippen LogP contribution is -2.23. The molecular weight excluding hydrogens is 268 g/mol. The van der Waals surface area contributed by atoms with Crippen LogP contribution >= 0.6 is 11.6 Å². The zero-order valence-corrected chi connectivity index (χ0v) is 12.9. The van der Waals surface area contributed by atoms with Gasteiger partial charge in [-0.3, -0.25) is 0 Å². The minimum Gasteiger partial charge on any atom is -0.376 e. The van der Waals surface area contributed by atoms with Crippen LogP contribution in [0.15, 0.2) is 24.3 Å². The standard InChI is InChI=1S/C18H25ClO/c19-18(17-8-4-5-13-20-17)16-11-9-15(10-12-16)14-6-2-1-3-7-14/h9-12,14,17-18H,1-8,13H2. The lowest BCUT2D eigenvalue weighted by Gasteiger charge is -2.27. The van der Waals surface area contributed by atoms with Gasteiger partial charge in [-0.2, -0.15) is 0 Å². The molecule has 0 N–H and O–H groups in total. The average molecular weight is 293 g/mol. The van der Waals surface area contributed by atoms with E-state index in [1.165, 1.54) is 56.1 Å². The predicted octanol–water partition coefficient (Wildman–Crippen LogP) is 5.58. The molecule has 0 amide bonds. The Morgan fingerprint density at radius 3 is 2.25 bits per heavy atom. The van der Waals surface area contributed by atoms with E-state index in [0.29, 0.717) is 0 Å². The highest BCUT2D eigenvalue weighted by molar-refractivity contribution is 6.21. The molecule has 1 aliphatic carbocycles. The van der Waals surface area contributed by atoms with Gasteiger partial charge in [0.05, 0.1) is 11.5 Å². The molecule has 0 bridgehead atoms. The van der Waals surface area contributed by atoms with Gasteiger partial charge in [-0.15, -0.1) is 11.6 Å². The zero-order valence-electron chi connectivity index (χ0n) is 12.2. The van der Waals surface area contributed by atoms with Gasteiger partial charge in [0.1, 0.15) is 0 Å². The number of benzene rings is 1. The topological polar surface area (TPSA) is 9.23 Å². The van der Waals surface area contributed by atoms with Crippen molar-refractivity contribution in [2.45, 2.75) is 68.8 Å². The Bertz CT molecular complexity index is 402. The molecule has 2 unspecified atom stereocenters. The number of hydrogen-bond donors (Lipinski definition) is 0. The van der Waals surface area contributed by atoms with Gasteiger partial charge in [0.25, 0.3) is 0 Å². The van der Waals surface area contributed by atoms with Crippen LogP contribution in [-0.4, -0.2) is 12.7 Å². The van der Waals surface area contributed by atoms with Crippen molar-refractivity contribution in [2.75, 3.05) is 6.61 Å². The second kappa shape index (κ2) is 6.95. The van der Waals surface area contributed by atoms with Crippen LogP contribution in [0.3, 0.4) is 0 Å². The van der Waals surface area contributed by atoms with Crippen molar-refractivity contribution in [2.24, 2.45) is 0 Å². The van der Waals surface area contributed by atoms with Gasteiger partial charge in [0.2, 0.25) is 0 Å². The quantitative estimate of drug-likeness (QED) is 0.661. The third kappa shape index (κ3) is 3.38. The summed E-state index contributed by atoms with van der Waals surface area (Å²) in [5.41, 5.74) is 2.72. The Kier molecular flexibility index (Phi) is 5.01. The Morgan fingerprint density at radius 1 is 0.900 bits per heavy atom. The number of halogens is 1. The minimum atomic E-state index is 0.00991. The summed E-state index contributed by atoms with van der Waals surface area (Å²) in [6.07, 6.45) is 10.6.